The summed E-state index contributed by atoms with van der Waals surface area (Å²) in [7, 11) is -3.24. The Morgan fingerprint density at radius 2 is 1.55 bits per heavy atom. The van der Waals surface area contributed by atoms with Crippen molar-refractivity contribution in [3.05, 3.63) is 0 Å². The Morgan fingerprint density at radius 1 is 0.950 bits per heavy atom. The molecule has 2 rings (SSSR count). The predicted molar refractivity (Wildman–Crippen MR) is 86.2 cm³/mol. The molecule has 0 radical (unpaired) electrons. The summed E-state index contributed by atoms with van der Waals surface area (Å²) in [5, 5.41) is 3.28. The lowest BCUT2D eigenvalue weighted by Crippen LogP contribution is -2.48. The first-order valence-electron chi connectivity index (χ1n) is 6.86. The molecule has 2 heterocycles. The van der Waals surface area contributed by atoms with E-state index in [9.17, 15) is 8.42 Å². The van der Waals surface area contributed by atoms with Gasteiger partial charge in [-0.1, -0.05) is 6.42 Å². The van der Waals surface area contributed by atoms with Crippen molar-refractivity contribution in [2.24, 2.45) is 0 Å². The van der Waals surface area contributed by atoms with E-state index in [1.165, 1.54) is 0 Å². The van der Waals surface area contributed by atoms with Crippen LogP contribution in [-0.2, 0) is 10.2 Å². The van der Waals surface area contributed by atoms with Crippen molar-refractivity contribution in [1.82, 2.24) is 19.2 Å². The SMILES string of the molecule is Cl.Cl.O=S(=O)(NCCN1CCNCC1)N1CCCCC1. The second kappa shape index (κ2) is 10.2. The molecular weight excluding hydrogens is 323 g/mol. The topological polar surface area (TPSA) is 64.7 Å². The minimum Gasteiger partial charge on any atom is -0.314 e. The second-order valence-corrected chi connectivity index (χ2v) is 6.71. The van der Waals surface area contributed by atoms with Crippen molar-refractivity contribution >= 4 is 35.0 Å². The first-order chi connectivity index (χ1) is 8.68. The monoisotopic (exact) mass is 348 g/mol. The van der Waals surface area contributed by atoms with Gasteiger partial charge in [-0.3, -0.25) is 4.90 Å². The number of piperazine rings is 1. The van der Waals surface area contributed by atoms with Crippen LogP contribution in [0.1, 0.15) is 19.3 Å². The van der Waals surface area contributed by atoms with Crippen LogP contribution in [0.2, 0.25) is 0 Å². The Morgan fingerprint density at radius 3 is 2.15 bits per heavy atom. The molecule has 6 nitrogen and oxygen atoms in total. The normalized spacial score (nSPS) is 21.8. The number of rotatable bonds is 5. The van der Waals surface area contributed by atoms with E-state index in [0.29, 0.717) is 19.6 Å². The number of piperidine rings is 1. The highest BCUT2D eigenvalue weighted by Gasteiger charge is 2.23. The average Bonchev–Trinajstić information content (AvgIpc) is 2.41. The van der Waals surface area contributed by atoms with Crippen molar-refractivity contribution in [2.45, 2.75) is 19.3 Å². The second-order valence-electron chi connectivity index (χ2n) is 4.95. The third-order valence-electron chi connectivity index (χ3n) is 3.58. The Bertz CT molecular complexity index is 344. The largest absolute Gasteiger partial charge is 0.314 e. The van der Waals surface area contributed by atoms with Crippen LogP contribution in [0.5, 0.6) is 0 Å². The number of nitrogens with zero attached hydrogens (tertiary/aromatic N) is 2. The standard InChI is InChI=1S/C11H24N4O2S.2ClH/c16-18(17,15-7-2-1-3-8-15)13-6-11-14-9-4-12-5-10-14;;/h12-13H,1-11H2;2*1H. The highest BCUT2D eigenvalue weighted by Crippen LogP contribution is 2.11. The fourth-order valence-electron chi connectivity index (χ4n) is 2.46. The van der Waals surface area contributed by atoms with Gasteiger partial charge < -0.3 is 5.32 Å². The quantitative estimate of drug-likeness (QED) is 0.737. The zero-order chi connectivity index (χ0) is 12.8. The third-order valence-corrected chi connectivity index (χ3v) is 5.19. The van der Waals surface area contributed by atoms with E-state index in [0.717, 1.165) is 52.0 Å². The lowest BCUT2D eigenvalue weighted by molar-refractivity contribution is 0.244. The van der Waals surface area contributed by atoms with E-state index >= 15 is 0 Å². The molecule has 0 bridgehead atoms. The van der Waals surface area contributed by atoms with Gasteiger partial charge in [-0.2, -0.15) is 12.7 Å². The zero-order valence-corrected chi connectivity index (χ0v) is 14.2. The maximum absolute atomic E-state index is 12.0. The fraction of sp³-hybridized carbons (Fsp3) is 1.00. The van der Waals surface area contributed by atoms with Gasteiger partial charge in [-0.25, -0.2) is 4.72 Å². The maximum atomic E-state index is 12.0. The van der Waals surface area contributed by atoms with Crippen molar-refractivity contribution in [3.8, 4) is 0 Å². The molecule has 0 aromatic heterocycles. The van der Waals surface area contributed by atoms with Gasteiger partial charge in [0, 0.05) is 52.4 Å². The third kappa shape index (κ3) is 6.43. The molecule has 2 fully saturated rings. The number of hydrogen-bond donors (Lipinski definition) is 2. The van der Waals surface area contributed by atoms with Crippen LogP contribution in [0.25, 0.3) is 0 Å². The van der Waals surface area contributed by atoms with Crippen LogP contribution in [0.15, 0.2) is 0 Å². The highest BCUT2D eigenvalue weighted by molar-refractivity contribution is 7.87. The van der Waals surface area contributed by atoms with Gasteiger partial charge >= 0.3 is 0 Å². The van der Waals surface area contributed by atoms with Crippen molar-refractivity contribution in [1.29, 1.82) is 0 Å². The van der Waals surface area contributed by atoms with Gasteiger partial charge in [0.2, 0.25) is 0 Å². The summed E-state index contributed by atoms with van der Waals surface area (Å²) >= 11 is 0. The molecule has 0 atom stereocenters. The zero-order valence-electron chi connectivity index (χ0n) is 11.7. The summed E-state index contributed by atoms with van der Waals surface area (Å²) in [6.45, 7) is 6.66. The molecule has 2 saturated heterocycles. The number of nitrogens with one attached hydrogen (secondary N) is 2. The van der Waals surface area contributed by atoms with Crippen molar-refractivity contribution < 1.29 is 8.42 Å². The minimum absolute atomic E-state index is 0. The molecule has 0 aromatic carbocycles. The fourth-order valence-corrected chi connectivity index (χ4v) is 3.73. The lowest BCUT2D eigenvalue weighted by Gasteiger charge is -2.29. The van der Waals surface area contributed by atoms with E-state index in [4.69, 9.17) is 0 Å². The molecule has 2 N–H and O–H groups in total. The van der Waals surface area contributed by atoms with E-state index in [-0.39, 0.29) is 24.8 Å². The Labute approximate surface area is 134 Å². The van der Waals surface area contributed by atoms with Crippen LogP contribution in [-0.4, -0.2) is 70.0 Å². The summed E-state index contributed by atoms with van der Waals surface area (Å²) in [5.41, 5.74) is 0. The summed E-state index contributed by atoms with van der Waals surface area (Å²) in [5.74, 6) is 0. The Kier molecular flexibility index (Phi) is 10.3. The number of halogens is 2. The van der Waals surface area contributed by atoms with E-state index in [1.807, 2.05) is 0 Å². The summed E-state index contributed by atoms with van der Waals surface area (Å²) in [4.78, 5) is 2.29. The van der Waals surface area contributed by atoms with Crippen LogP contribution >= 0.6 is 24.8 Å². The first-order valence-corrected chi connectivity index (χ1v) is 8.30. The molecule has 122 valence electrons. The molecule has 0 unspecified atom stereocenters. The van der Waals surface area contributed by atoms with Crippen molar-refractivity contribution in [2.75, 3.05) is 52.4 Å². The van der Waals surface area contributed by atoms with Gasteiger partial charge in [0.15, 0.2) is 0 Å². The minimum atomic E-state index is -3.24. The molecular formula is C11H26Cl2N4O2S. The number of hydrogen-bond acceptors (Lipinski definition) is 4. The van der Waals surface area contributed by atoms with Crippen molar-refractivity contribution in [3.63, 3.8) is 0 Å². The van der Waals surface area contributed by atoms with Crippen LogP contribution in [0.4, 0.5) is 0 Å². The van der Waals surface area contributed by atoms with Gasteiger partial charge in [0.05, 0.1) is 0 Å². The maximum Gasteiger partial charge on any atom is 0.279 e. The molecule has 20 heavy (non-hydrogen) atoms. The Hall–Kier alpha value is 0.370. The summed E-state index contributed by atoms with van der Waals surface area (Å²) in [6.07, 6.45) is 3.12. The average molecular weight is 349 g/mol. The van der Waals surface area contributed by atoms with Gasteiger partial charge in [0.1, 0.15) is 0 Å². The van der Waals surface area contributed by atoms with Gasteiger partial charge in [0.25, 0.3) is 10.2 Å². The highest BCUT2D eigenvalue weighted by atomic mass is 35.5. The molecule has 9 heteroatoms. The summed E-state index contributed by atoms with van der Waals surface area (Å²) < 4.78 is 28.3. The predicted octanol–water partition coefficient (Wildman–Crippen LogP) is 0.0555. The summed E-state index contributed by atoms with van der Waals surface area (Å²) in [6, 6.07) is 0. The molecule has 2 aliphatic heterocycles. The van der Waals surface area contributed by atoms with E-state index < -0.39 is 10.2 Å². The lowest BCUT2D eigenvalue weighted by atomic mass is 10.2. The smallest absolute Gasteiger partial charge is 0.279 e. The van der Waals surface area contributed by atoms with Gasteiger partial charge in [-0.15, -0.1) is 24.8 Å². The molecule has 0 aliphatic carbocycles. The van der Waals surface area contributed by atoms with Crippen LogP contribution in [0, 0.1) is 0 Å². The van der Waals surface area contributed by atoms with E-state index in [2.05, 4.69) is 14.9 Å². The molecule has 2 aliphatic rings. The first kappa shape index (κ1) is 20.4. The van der Waals surface area contributed by atoms with Crippen LogP contribution < -0.4 is 10.0 Å². The molecule has 0 amide bonds. The Balaban J connectivity index is 0.00000180. The van der Waals surface area contributed by atoms with E-state index in [1.54, 1.807) is 4.31 Å². The molecule has 0 saturated carbocycles. The molecule has 0 aromatic rings. The molecule has 0 spiro atoms. The van der Waals surface area contributed by atoms with Gasteiger partial charge in [-0.05, 0) is 12.8 Å². The van der Waals surface area contributed by atoms with Crippen LogP contribution in [0.3, 0.4) is 0 Å².